The highest BCUT2D eigenvalue weighted by Gasteiger charge is 2.26. The summed E-state index contributed by atoms with van der Waals surface area (Å²) >= 11 is -0.0726. The minimum absolute atomic E-state index is 0.0726. The summed E-state index contributed by atoms with van der Waals surface area (Å²) in [5.41, 5.74) is -3.69. The molecule has 2 nitrogen and oxygen atoms in total. The minimum Gasteiger partial charge on any atom is -0.462 e. The van der Waals surface area contributed by atoms with Gasteiger partial charge in [-0.2, -0.15) is 13.2 Å². The zero-order chi connectivity index (χ0) is 14.8. The SMILES string of the molecule is O=C(OCCC/C=C/CSC(F)(F)F)c1ccccc1. The molecule has 0 spiro atoms. The van der Waals surface area contributed by atoms with Crippen LogP contribution in [0.2, 0.25) is 0 Å². The number of thioether (sulfide) groups is 1. The molecule has 0 saturated heterocycles. The van der Waals surface area contributed by atoms with Crippen molar-refractivity contribution in [2.75, 3.05) is 12.4 Å². The van der Waals surface area contributed by atoms with Crippen molar-refractivity contribution in [2.45, 2.75) is 18.3 Å². The summed E-state index contributed by atoms with van der Waals surface area (Å²) in [4.78, 5) is 11.5. The number of rotatable bonds is 7. The second-order valence-electron chi connectivity index (χ2n) is 3.87. The van der Waals surface area contributed by atoms with Crippen LogP contribution in [0.15, 0.2) is 42.5 Å². The van der Waals surface area contributed by atoms with Crippen molar-refractivity contribution in [1.82, 2.24) is 0 Å². The first-order valence-electron chi connectivity index (χ1n) is 6.07. The van der Waals surface area contributed by atoms with Gasteiger partial charge in [0.05, 0.1) is 12.2 Å². The first kappa shape index (κ1) is 16.6. The summed E-state index contributed by atoms with van der Waals surface area (Å²) in [7, 11) is 0. The Morgan fingerprint density at radius 2 is 1.90 bits per heavy atom. The largest absolute Gasteiger partial charge is 0.462 e. The van der Waals surface area contributed by atoms with Gasteiger partial charge in [-0.1, -0.05) is 30.4 Å². The van der Waals surface area contributed by atoms with E-state index in [1.165, 1.54) is 6.08 Å². The standard InChI is InChI=1S/C14H15F3O2S/c15-14(16,17)20-11-7-2-1-6-10-19-13(18)12-8-4-3-5-9-12/h2-5,7-9H,1,6,10-11H2/b7-2+. The number of hydrogen-bond donors (Lipinski definition) is 0. The molecule has 0 aliphatic carbocycles. The molecule has 0 bridgehead atoms. The molecule has 20 heavy (non-hydrogen) atoms. The maximum Gasteiger partial charge on any atom is 0.442 e. The Morgan fingerprint density at radius 3 is 2.55 bits per heavy atom. The highest BCUT2D eigenvalue weighted by molar-refractivity contribution is 8.00. The fourth-order valence-electron chi connectivity index (χ4n) is 1.35. The van der Waals surface area contributed by atoms with E-state index in [-0.39, 0.29) is 30.1 Å². The highest BCUT2D eigenvalue weighted by atomic mass is 32.2. The van der Waals surface area contributed by atoms with Gasteiger partial charge in [0.2, 0.25) is 0 Å². The normalized spacial score (nSPS) is 11.8. The molecule has 0 unspecified atom stereocenters. The van der Waals surface area contributed by atoms with Crippen LogP contribution in [0.1, 0.15) is 23.2 Å². The van der Waals surface area contributed by atoms with Gasteiger partial charge in [0, 0.05) is 5.75 Å². The van der Waals surface area contributed by atoms with Gasteiger partial charge >= 0.3 is 11.5 Å². The second kappa shape index (κ2) is 8.68. The topological polar surface area (TPSA) is 26.3 Å². The number of carbonyl (C=O) groups excluding carboxylic acids is 1. The lowest BCUT2D eigenvalue weighted by molar-refractivity contribution is -0.0326. The molecule has 0 amide bonds. The average Bonchev–Trinajstić information content (AvgIpc) is 2.41. The van der Waals surface area contributed by atoms with Crippen molar-refractivity contribution in [1.29, 1.82) is 0 Å². The van der Waals surface area contributed by atoms with E-state index >= 15 is 0 Å². The maximum absolute atomic E-state index is 11.8. The van der Waals surface area contributed by atoms with E-state index in [1.807, 2.05) is 0 Å². The third kappa shape index (κ3) is 7.89. The number of esters is 1. The number of carbonyl (C=O) groups is 1. The predicted octanol–water partition coefficient (Wildman–Crippen LogP) is 4.43. The lowest BCUT2D eigenvalue weighted by Gasteiger charge is -2.03. The average molecular weight is 304 g/mol. The second-order valence-corrected chi connectivity index (χ2v) is 4.96. The Balaban J connectivity index is 2.08. The smallest absolute Gasteiger partial charge is 0.442 e. The van der Waals surface area contributed by atoms with Crippen LogP contribution in [0.3, 0.4) is 0 Å². The monoisotopic (exact) mass is 304 g/mol. The first-order chi connectivity index (χ1) is 9.49. The van der Waals surface area contributed by atoms with E-state index in [2.05, 4.69) is 0 Å². The van der Waals surface area contributed by atoms with Crippen LogP contribution in [0.4, 0.5) is 13.2 Å². The molecule has 0 heterocycles. The Kier molecular flexibility index (Phi) is 7.22. The quantitative estimate of drug-likeness (QED) is 0.423. The van der Waals surface area contributed by atoms with Crippen LogP contribution in [0, 0.1) is 0 Å². The Hall–Kier alpha value is -1.43. The summed E-state index contributed by atoms with van der Waals surface area (Å²) in [5.74, 6) is -0.477. The van der Waals surface area contributed by atoms with Gasteiger partial charge in [-0.05, 0) is 36.7 Å². The van der Waals surface area contributed by atoms with Crippen molar-refractivity contribution in [3.8, 4) is 0 Å². The summed E-state index contributed by atoms with van der Waals surface area (Å²) in [6.07, 6.45) is 4.30. The van der Waals surface area contributed by atoms with Crippen LogP contribution < -0.4 is 0 Å². The van der Waals surface area contributed by atoms with Crippen LogP contribution in [-0.2, 0) is 4.74 Å². The van der Waals surface area contributed by atoms with Gasteiger partial charge in [-0.15, -0.1) is 0 Å². The van der Waals surface area contributed by atoms with E-state index in [0.29, 0.717) is 18.4 Å². The van der Waals surface area contributed by atoms with Gasteiger partial charge in [0.15, 0.2) is 0 Å². The molecule has 1 aromatic carbocycles. The molecule has 0 radical (unpaired) electrons. The number of unbranched alkanes of at least 4 members (excludes halogenated alkanes) is 1. The van der Waals surface area contributed by atoms with Crippen LogP contribution >= 0.6 is 11.8 Å². The number of hydrogen-bond acceptors (Lipinski definition) is 3. The molecular weight excluding hydrogens is 289 g/mol. The molecule has 110 valence electrons. The van der Waals surface area contributed by atoms with Gasteiger partial charge in [0.25, 0.3) is 0 Å². The molecule has 0 N–H and O–H groups in total. The van der Waals surface area contributed by atoms with Gasteiger partial charge < -0.3 is 4.74 Å². The molecule has 0 saturated carbocycles. The van der Waals surface area contributed by atoms with Gasteiger partial charge in [-0.25, -0.2) is 4.79 Å². The summed E-state index contributed by atoms with van der Waals surface area (Å²) < 4.78 is 40.5. The fourth-order valence-corrected chi connectivity index (χ4v) is 1.77. The van der Waals surface area contributed by atoms with Crippen molar-refractivity contribution in [3.63, 3.8) is 0 Å². The van der Waals surface area contributed by atoms with Crippen LogP contribution in [0.5, 0.6) is 0 Å². The van der Waals surface area contributed by atoms with E-state index in [9.17, 15) is 18.0 Å². The van der Waals surface area contributed by atoms with E-state index < -0.39 is 5.51 Å². The summed E-state index contributed by atoms with van der Waals surface area (Å²) in [5, 5.41) is 0. The van der Waals surface area contributed by atoms with E-state index in [4.69, 9.17) is 4.74 Å². The highest BCUT2D eigenvalue weighted by Crippen LogP contribution is 2.29. The van der Waals surface area contributed by atoms with Crippen molar-refractivity contribution < 1.29 is 22.7 Å². The van der Waals surface area contributed by atoms with Crippen LogP contribution in [-0.4, -0.2) is 23.8 Å². The maximum atomic E-state index is 11.8. The Labute approximate surface area is 120 Å². The predicted molar refractivity (Wildman–Crippen MR) is 73.6 cm³/mol. The summed E-state index contributed by atoms with van der Waals surface area (Å²) in [6, 6.07) is 8.63. The Bertz CT molecular complexity index is 430. The van der Waals surface area contributed by atoms with E-state index in [0.717, 1.165) is 0 Å². The molecule has 0 aliphatic heterocycles. The first-order valence-corrected chi connectivity index (χ1v) is 7.05. The van der Waals surface area contributed by atoms with Crippen LogP contribution in [0.25, 0.3) is 0 Å². The molecule has 1 rings (SSSR count). The van der Waals surface area contributed by atoms with Gasteiger partial charge in [0.1, 0.15) is 0 Å². The molecular formula is C14H15F3O2S. The molecule has 0 fully saturated rings. The lowest BCUT2D eigenvalue weighted by Crippen LogP contribution is -2.05. The third-order valence-corrected chi connectivity index (χ3v) is 2.95. The molecule has 0 atom stereocenters. The molecule has 6 heteroatoms. The zero-order valence-corrected chi connectivity index (χ0v) is 11.5. The zero-order valence-electron chi connectivity index (χ0n) is 10.7. The molecule has 0 aromatic heterocycles. The number of halogens is 3. The fraction of sp³-hybridized carbons (Fsp3) is 0.357. The van der Waals surface area contributed by atoms with E-state index in [1.54, 1.807) is 36.4 Å². The summed E-state index contributed by atoms with van der Waals surface area (Å²) in [6.45, 7) is 0.254. The van der Waals surface area contributed by atoms with Crippen molar-refractivity contribution in [2.24, 2.45) is 0 Å². The minimum atomic E-state index is -4.18. The molecule has 0 aliphatic rings. The number of alkyl halides is 3. The third-order valence-electron chi connectivity index (χ3n) is 2.27. The van der Waals surface area contributed by atoms with Crippen molar-refractivity contribution >= 4 is 17.7 Å². The lowest BCUT2D eigenvalue weighted by atomic mass is 10.2. The Morgan fingerprint density at radius 1 is 1.20 bits per heavy atom. The number of benzene rings is 1. The molecule has 1 aromatic rings. The van der Waals surface area contributed by atoms with Gasteiger partial charge in [-0.3, -0.25) is 0 Å². The number of allylic oxidation sites excluding steroid dienone is 1. The number of ether oxygens (including phenoxy) is 1. The van der Waals surface area contributed by atoms with Crippen molar-refractivity contribution in [3.05, 3.63) is 48.0 Å².